The van der Waals surface area contributed by atoms with E-state index < -0.39 is 85.5 Å². The predicted octanol–water partition coefficient (Wildman–Crippen LogP) is -4.05. The molecule has 0 saturated heterocycles. The molecule has 1 aromatic heterocycles. The molecule has 1 radical (unpaired) electrons. The van der Waals surface area contributed by atoms with Crippen molar-refractivity contribution < 1.29 is 130 Å². The third kappa shape index (κ3) is 9.25. The van der Waals surface area contributed by atoms with Crippen LogP contribution in [0, 0.1) is 11.9 Å². The summed E-state index contributed by atoms with van der Waals surface area (Å²) >= 11 is 0. The number of hydrogen-bond donors (Lipinski definition) is 1. The van der Waals surface area contributed by atoms with Crippen molar-refractivity contribution in [2.24, 2.45) is 10.2 Å². The molecule has 0 aliphatic rings. The molecule has 3 aromatic carbocycles. The van der Waals surface area contributed by atoms with Crippen LogP contribution < -0.4 is 74.6 Å². The Kier molecular flexibility index (Phi) is 13.8. The SMILES string of the molecule is C=CS(=O)(=O)c1cc(N=Nc2c(S(=O)(=O)[O-])cc3cc(Nc4nc(F)cc(F)n4)ccc3c2[O-])c([O-])c(S(=O)(=O)[O-])c1.[Cu+2].[Na+].[Na+]. The number of halogens is 2. The Labute approximate surface area is 308 Å². The van der Waals surface area contributed by atoms with Gasteiger partial charge in [0.2, 0.25) is 17.8 Å². The molecular weight excluding hydrogens is 738 g/mol. The van der Waals surface area contributed by atoms with Crippen molar-refractivity contribution in [3.8, 4) is 11.5 Å². The van der Waals surface area contributed by atoms with E-state index in [1.54, 1.807) is 0 Å². The van der Waals surface area contributed by atoms with Crippen molar-refractivity contribution in [2.45, 2.75) is 14.7 Å². The number of azo groups is 1. The maximum atomic E-state index is 13.4. The van der Waals surface area contributed by atoms with Crippen molar-refractivity contribution in [1.82, 2.24) is 9.97 Å². The molecule has 23 heteroatoms. The van der Waals surface area contributed by atoms with E-state index in [1.807, 2.05) is 0 Å². The fourth-order valence-corrected chi connectivity index (χ4v) is 5.53. The minimum atomic E-state index is -5.56. The normalized spacial score (nSPS) is 11.7. The Bertz CT molecular complexity index is 2160. The standard InChI is InChI=1S/C22H15F2N5O10S3.Cu.2Na/c1-2-40(32,33)12-7-14(21(31)16(8-12)42(37,38)39)28-29-19-15(41(34,35)36)6-10-5-11(3-4-13(10)20(19)30)25-22-26-17(23)9-18(24)27-22;;;/h2-9,30-31H,1H2,(H,25,26,27)(H,34,35,36)(H,37,38,39);;;/q;+2;2*+1/p-4. The van der Waals surface area contributed by atoms with Crippen molar-refractivity contribution in [2.75, 3.05) is 5.32 Å². The van der Waals surface area contributed by atoms with E-state index in [1.165, 1.54) is 6.07 Å². The summed E-state index contributed by atoms with van der Waals surface area (Å²) in [6, 6.07) is 5.23. The average Bonchev–Trinajstić information content (AvgIpc) is 2.86. The van der Waals surface area contributed by atoms with Gasteiger partial charge in [-0.05, 0) is 41.1 Å². The second kappa shape index (κ2) is 15.2. The molecule has 229 valence electrons. The van der Waals surface area contributed by atoms with Gasteiger partial charge in [-0.15, -0.1) is 5.11 Å². The van der Waals surface area contributed by atoms with Crippen LogP contribution in [0.4, 0.5) is 31.8 Å². The summed E-state index contributed by atoms with van der Waals surface area (Å²) in [5.74, 6) is -5.83. The minimum absolute atomic E-state index is 0. The first-order valence-corrected chi connectivity index (χ1v) is 15.1. The largest absolute Gasteiger partial charge is 2.00 e. The number of sulfone groups is 1. The second-order valence-corrected chi connectivity index (χ2v) is 12.6. The molecule has 0 spiro atoms. The zero-order valence-electron chi connectivity index (χ0n) is 22.5. The van der Waals surface area contributed by atoms with Crippen molar-refractivity contribution in [3.05, 3.63) is 66.3 Å². The fraction of sp³-hybridized carbons (Fsp3) is 0. The van der Waals surface area contributed by atoms with Crippen LogP contribution in [-0.4, -0.2) is 44.3 Å². The van der Waals surface area contributed by atoms with Crippen molar-refractivity contribution >= 4 is 63.9 Å². The van der Waals surface area contributed by atoms with Crippen LogP contribution in [0.5, 0.6) is 11.5 Å². The Morgan fingerprint density at radius 2 is 1.38 bits per heavy atom. The van der Waals surface area contributed by atoms with Gasteiger partial charge in [-0.2, -0.15) is 23.9 Å². The van der Waals surface area contributed by atoms with Gasteiger partial charge in [-0.1, -0.05) is 24.1 Å². The fourth-order valence-electron chi connectivity index (χ4n) is 3.46. The van der Waals surface area contributed by atoms with Crippen LogP contribution in [0.25, 0.3) is 10.8 Å². The molecular formula is C22H11CuF2N5Na2O10S3. The molecule has 45 heavy (non-hydrogen) atoms. The second-order valence-electron chi connectivity index (χ2n) is 8.04. The molecule has 0 atom stereocenters. The smallest absolute Gasteiger partial charge is 0.871 e. The predicted molar refractivity (Wildman–Crippen MR) is 132 cm³/mol. The monoisotopic (exact) mass is 748 g/mol. The quantitative estimate of drug-likeness (QED) is 0.0780. The Balaban J connectivity index is 0.00000337. The maximum absolute atomic E-state index is 13.4. The van der Waals surface area contributed by atoms with Crippen LogP contribution in [0.2, 0.25) is 0 Å². The summed E-state index contributed by atoms with van der Waals surface area (Å²) in [5, 5.41) is 34.6. The van der Waals surface area contributed by atoms with Gasteiger partial charge in [0, 0.05) is 22.1 Å². The van der Waals surface area contributed by atoms with Gasteiger partial charge >= 0.3 is 76.2 Å². The zero-order valence-corrected chi connectivity index (χ0v) is 29.9. The molecule has 4 aromatic rings. The first-order valence-electron chi connectivity index (χ1n) is 10.7. The van der Waals surface area contributed by atoms with Crippen LogP contribution in [0.1, 0.15) is 0 Å². The van der Waals surface area contributed by atoms with Gasteiger partial charge in [0.15, 0.2) is 9.84 Å². The van der Waals surface area contributed by atoms with Gasteiger partial charge in [-0.3, -0.25) is 0 Å². The average molecular weight is 749 g/mol. The van der Waals surface area contributed by atoms with Gasteiger partial charge in [-0.25, -0.2) is 25.3 Å². The van der Waals surface area contributed by atoms with Crippen LogP contribution in [0.15, 0.2) is 79.4 Å². The molecule has 1 heterocycles. The maximum Gasteiger partial charge on any atom is 2.00 e. The summed E-state index contributed by atoms with van der Waals surface area (Å²) < 4.78 is 122. The summed E-state index contributed by atoms with van der Waals surface area (Å²) in [6.07, 6.45) is 0. The summed E-state index contributed by atoms with van der Waals surface area (Å²) in [5.41, 5.74) is -2.25. The molecule has 4 rings (SSSR count). The van der Waals surface area contributed by atoms with E-state index in [0.29, 0.717) is 23.6 Å². The first-order chi connectivity index (χ1) is 19.4. The molecule has 0 saturated carbocycles. The van der Waals surface area contributed by atoms with E-state index in [4.69, 9.17) is 0 Å². The third-order valence-corrected chi connectivity index (χ3v) is 8.33. The van der Waals surface area contributed by atoms with Crippen molar-refractivity contribution in [1.29, 1.82) is 0 Å². The Hall–Kier alpha value is -2.11. The van der Waals surface area contributed by atoms with E-state index >= 15 is 0 Å². The number of rotatable bonds is 8. The third-order valence-electron chi connectivity index (χ3n) is 5.30. The van der Waals surface area contributed by atoms with Crippen LogP contribution in [0.3, 0.4) is 0 Å². The molecule has 1 N–H and O–H groups in total. The number of nitrogens with one attached hydrogen (secondary N) is 1. The molecule has 0 aliphatic carbocycles. The van der Waals surface area contributed by atoms with E-state index in [9.17, 15) is 53.4 Å². The molecule has 15 nitrogen and oxygen atoms in total. The first kappa shape index (κ1) is 40.9. The van der Waals surface area contributed by atoms with Gasteiger partial charge in [0.25, 0.3) is 0 Å². The number of anilines is 2. The molecule has 0 bridgehead atoms. The summed E-state index contributed by atoms with van der Waals surface area (Å²) in [6.45, 7) is 3.03. The van der Waals surface area contributed by atoms with E-state index in [-0.39, 0.29) is 98.7 Å². The minimum Gasteiger partial charge on any atom is -0.871 e. The van der Waals surface area contributed by atoms with Gasteiger partial charge < -0.3 is 24.6 Å². The van der Waals surface area contributed by atoms with Crippen LogP contribution >= 0.6 is 0 Å². The molecule has 0 fully saturated rings. The molecule has 0 amide bonds. The number of nitrogens with zero attached hydrogens (tertiary/aromatic N) is 4. The van der Waals surface area contributed by atoms with Gasteiger partial charge in [0.1, 0.15) is 20.2 Å². The number of hydrogen-bond acceptors (Lipinski definition) is 15. The molecule has 0 aliphatic heterocycles. The van der Waals surface area contributed by atoms with Crippen LogP contribution in [-0.2, 0) is 47.1 Å². The Morgan fingerprint density at radius 3 is 1.91 bits per heavy atom. The Morgan fingerprint density at radius 1 is 0.800 bits per heavy atom. The van der Waals surface area contributed by atoms with E-state index in [0.717, 1.165) is 12.1 Å². The number of aromatic nitrogens is 2. The molecule has 0 unspecified atom stereocenters. The van der Waals surface area contributed by atoms with Gasteiger partial charge in [0.05, 0.1) is 21.2 Å². The topological polar surface area (TPSA) is 257 Å². The number of fused-ring (bicyclic) bond motifs is 1. The van der Waals surface area contributed by atoms with Crippen molar-refractivity contribution in [3.63, 3.8) is 0 Å². The summed E-state index contributed by atoms with van der Waals surface area (Å²) in [7, 11) is -15.5. The van der Waals surface area contributed by atoms with E-state index in [2.05, 4.69) is 32.1 Å². The zero-order chi connectivity index (χ0) is 31.2. The number of benzene rings is 3. The summed E-state index contributed by atoms with van der Waals surface area (Å²) in [4.78, 5) is 2.92.